The molecule has 0 unspecified atom stereocenters. The van der Waals surface area contributed by atoms with Crippen molar-refractivity contribution in [3.05, 3.63) is 27.9 Å². The van der Waals surface area contributed by atoms with Crippen LogP contribution in [0, 0.1) is 5.92 Å². The van der Waals surface area contributed by atoms with Gasteiger partial charge in [-0.15, -0.1) is 0 Å². The van der Waals surface area contributed by atoms with Crippen molar-refractivity contribution in [2.75, 3.05) is 5.75 Å². The monoisotopic (exact) mass is 283 g/mol. The molecule has 0 aliphatic carbocycles. The highest BCUT2D eigenvalue weighted by Crippen LogP contribution is 2.12. The van der Waals surface area contributed by atoms with Crippen LogP contribution in [0.5, 0.6) is 0 Å². The zero-order valence-electron chi connectivity index (χ0n) is 12.5. The molecule has 0 spiro atoms. The lowest BCUT2D eigenvalue weighted by Gasteiger charge is -2.20. The van der Waals surface area contributed by atoms with E-state index in [1.807, 2.05) is 0 Å². The largest absolute Gasteiger partial charge is 0.310 e. The highest BCUT2D eigenvalue weighted by atomic mass is 32.2. The molecule has 1 heterocycles. The van der Waals surface area contributed by atoms with Crippen molar-refractivity contribution in [3.63, 3.8) is 0 Å². The Morgan fingerprint density at radius 1 is 1.42 bits per heavy atom. The van der Waals surface area contributed by atoms with Crippen LogP contribution in [0.15, 0.2) is 10.9 Å². The van der Waals surface area contributed by atoms with Crippen LogP contribution < -0.4 is 10.9 Å². The smallest absolute Gasteiger partial charge is 0.251 e. The summed E-state index contributed by atoms with van der Waals surface area (Å²) >= 11 is 1.80. The Labute approximate surface area is 119 Å². The molecule has 0 saturated carbocycles. The number of aromatic nitrogens is 2. The van der Waals surface area contributed by atoms with Crippen molar-refractivity contribution in [1.82, 2.24) is 15.3 Å². The molecular weight excluding hydrogens is 258 g/mol. The second-order valence-electron chi connectivity index (χ2n) is 6.20. The Morgan fingerprint density at radius 3 is 2.68 bits per heavy atom. The second kappa shape index (κ2) is 7.10. The molecule has 19 heavy (non-hydrogen) atoms. The number of rotatable bonds is 6. The van der Waals surface area contributed by atoms with E-state index in [1.165, 1.54) is 0 Å². The third-order valence-corrected chi connectivity index (χ3v) is 3.71. The summed E-state index contributed by atoms with van der Waals surface area (Å²) in [7, 11) is 0. The first kappa shape index (κ1) is 16.2. The SMILES string of the molecule is CC(C)CSCc1nc(CNC(C)(C)C)cc(=O)[nH]1. The summed E-state index contributed by atoms with van der Waals surface area (Å²) in [6, 6.07) is 1.56. The predicted octanol–water partition coefficient (Wildman–Crippen LogP) is 2.55. The molecule has 1 aromatic heterocycles. The Balaban J connectivity index is 2.63. The van der Waals surface area contributed by atoms with Gasteiger partial charge in [-0.05, 0) is 32.4 Å². The maximum Gasteiger partial charge on any atom is 0.251 e. The molecule has 0 atom stereocenters. The summed E-state index contributed by atoms with van der Waals surface area (Å²) in [4.78, 5) is 18.9. The minimum absolute atomic E-state index is 0.0246. The van der Waals surface area contributed by atoms with Crippen molar-refractivity contribution >= 4 is 11.8 Å². The van der Waals surface area contributed by atoms with Gasteiger partial charge in [0.1, 0.15) is 5.82 Å². The van der Waals surface area contributed by atoms with Crippen molar-refractivity contribution in [2.45, 2.75) is 52.5 Å². The molecule has 1 rings (SSSR count). The normalized spacial score (nSPS) is 12.1. The van der Waals surface area contributed by atoms with Crippen LogP contribution in [0.4, 0.5) is 0 Å². The van der Waals surface area contributed by atoms with E-state index in [4.69, 9.17) is 0 Å². The van der Waals surface area contributed by atoms with E-state index in [9.17, 15) is 4.79 Å². The Hall–Kier alpha value is -0.810. The van der Waals surface area contributed by atoms with E-state index in [-0.39, 0.29) is 11.1 Å². The summed E-state index contributed by atoms with van der Waals surface area (Å²) in [5, 5.41) is 3.34. The Kier molecular flexibility index (Phi) is 6.07. The highest BCUT2D eigenvalue weighted by Gasteiger charge is 2.10. The first-order valence-electron chi connectivity index (χ1n) is 6.68. The highest BCUT2D eigenvalue weighted by molar-refractivity contribution is 7.98. The fraction of sp³-hybridized carbons (Fsp3) is 0.714. The van der Waals surface area contributed by atoms with Gasteiger partial charge < -0.3 is 10.3 Å². The van der Waals surface area contributed by atoms with Crippen molar-refractivity contribution < 1.29 is 0 Å². The molecule has 5 heteroatoms. The molecule has 0 radical (unpaired) electrons. The quantitative estimate of drug-likeness (QED) is 0.842. The standard InChI is InChI=1S/C14H25N3OS/c1-10(2)8-19-9-12-16-11(6-13(18)17-12)7-15-14(3,4)5/h6,10,15H,7-9H2,1-5H3,(H,16,17,18). The van der Waals surface area contributed by atoms with Gasteiger partial charge in [-0.25, -0.2) is 4.98 Å². The van der Waals surface area contributed by atoms with E-state index >= 15 is 0 Å². The van der Waals surface area contributed by atoms with Gasteiger partial charge in [0, 0.05) is 18.2 Å². The summed E-state index contributed by atoms with van der Waals surface area (Å²) in [5.74, 6) is 3.26. The summed E-state index contributed by atoms with van der Waals surface area (Å²) in [6.07, 6.45) is 0. The molecular formula is C14H25N3OS. The molecule has 0 aromatic carbocycles. The minimum Gasteiger partial charge on any atom is -0.310 e. The van der Waals surface area contributed by atoms with Crippen LogP contribution >= 0.6 is 11.8 Å². The first-order chi connectivity index (χ1) is 8.76. The van der Waals surface area contributed by atoms with Gasteiger partial charge in [-0.3, -0.25) is 4.79 Å². The number of nitrogens with one attached hydrogen (secondary N) is 2. The van der Waals surface area contributed by atoms with E-state index < -0.39 is 0 Å². The lowest BCUT2D eigenvalue weighted by molar-refractivity contribution is 0.420. The van der Waals surface area contributed by atoms with Crippen molar-refractivity contribution in [2.24, 2.45) is 5.92 Å². The average molecular weight is 283 g/mol. The van der Waals surface area contributed by atoms with Crippen molar-refractivity contribution in [3.8, 4) is 0 Å². The Morgan fingerprint density at radius 2 is 2.11 bits per heavy atom. The van der Waals surface area contributed by atoms with Gasteiger partial charge >= 0.3 is 0 Å². The second-order valence-corrected chi connectivity index (χ2v) is 7.23. The summed E-state index contributed by atoms with van der Waals surface area (Å²) < 4.78 is 0. The van der Waals surface area contributed by atoms with Crippen molar-refractivity contribution in [1.29, 1.82) is 0 Å². The van der Waals surface area contributed by atoms with E-state index in [2.05, 4.69) is 49.9 Å². The number of hydrogen-bond donors (Lipinski definition) is 2. The fourth-order valence-electron chi connectivity index (χ4n) is 1.47. The molecule has 4 nitrogen and oxygen atoms in total. The molecule has 2 N–H and O–H groups in total. The molecule has 0 fully saturated rings. The molecule has 0 aliphatic rings. The number of H-pyrrole nitrogens is 1. The lowest BCUT2D eigenvalue weighted by Crippen LogP contribution is -2.35. The van der Waals surface area contributed by atoms with Crippen LogP contribution in [0.3, 0.4) is 0 Å². The van der Waals surface area contributed by atoms with Gasteiger partial charge in [-0.2, -0.15) is 11.8 Å². The molecule has 0 amide bonds. The fourth-order valence-corrected chi connectivity index (χ4v) is 2.39. The predicted molar refractivity (Wildman–Crippen MR) is 82.5 cm³/mol. The third-order valence-electron chi connectivity index (χ3n) is 2.33. The van der Waals surface area contributed by atoms with Gasteiger partial charge in [0.25, 0.3) is 5.56 Å². The molecule has 0 saturated heterocycles. The Bertz CT molecular complexity index is 449. The van der Waals surface area contributed by atoms with Crippen LogP contribution in [0.25, 0.3) is 0 Å². The van der Waals surface area contributed by atoms with Gasteiger partial charge in [0.15, 0.2) is 0 Å². The molecule has 108 valence electrons. The lowest BCUT2D eigenvalue weighted by atomic mass is 10.1. The summed E-state index contributed by atoms with van der Waals surface area (Å²) in [6.45, 7) is 11.3. The number of hydrogen-bond acceptors (Lipinski definition) is 4. The van der Waals surface area contributed by atoms with E-state index in [1.54, 1.807) is 17.8 Å². The maximum absolute atomic E-state index is 11.6. The van der Waals surface area contributed by atoms with Crippen LogP contribution in [0.1, 0.15) is 46.1 Å². The summed E-state index contributed by atoms with van der Waals surface area (Å²) in [5.41, 5.74) is 0.760. The average Bonchev–Trinajstić information content (AvgIpc) is 2.24. The van der Waals surface area contributed by atoms with Gasteiger partial charge in [-0.1, -0.05) is 13.8 Å². The van der Waals surface area contributed by atoms with Gasteiger partial charge in [0.2, 0.25) is 0 Å². The van der Waals surface area contributed by atoms with Gasteiger partial charge in [0.05, 0.1) is 11.4 Å². The maximum atomic E-state index is 11.6. The zero-order chi connectivity index (χ0) is 14.5. The number of thioether (sulfide) groups is 1. The van der Waals surface area contributed by atoms with E-state index in [0.29, 0.717) is 12.5 Å². The molecule has 0 bridgehead atoms. The van der Waals surface area contributed by atoms with E-state index in [0.717, 1.165) is 23.0 Å². The van der Waals surface area contributed by atoms with Crippen LogP contribution in [0.2, 0.25) is 0 Å². The molecule has 0 aliphatic heterocycles. The third kappa shape index (κ3) is 7.38. The number of nitrogens with zero attached hydrogens (tertiary/aromatic N) is 1. The van der Waals surface area contributed by atoms with Crippen LogP contribution in [-0.2, 0) is 12.3 Å². The minimum atomic E-state index is -0.0687. The topological polar surface area (TPSA) is 57.8 Å². The molecule has 1 aromatic rings. The zero-order valence-corrected chi connectivity index (χ0v) is 13.4. The number of aromatic amines is 1. The first-order valence-corrected chi connectivity index (χ1v) is 7.83. The van der Waals surface area contributed by atoms with Crippen LogP contribution in [-0.4, -0.2) is 21.3 Å².